The van der Waals surface area contributed by atoms with Crippen LogP contribution in [0.2, 0.25) is 0 Å². The molecule has 1 aromatic rings. The van der Waals surface area contributed by atoms with Crippen molar-refractivity contribution in [2.75, 3.05) is 6.61 Å². The number of carbonyl (C=O) groups excluding carboxylic acids is 2. The highest BCUT2D eigenvalue weighted by atomic mass is 19.4. The van der Waals surface area contributed by atoms with E-state index in [1.807, 2.05) is 0 Å². The number of nitrogens with one attached hydrogen (secondary N) is 1. The quantitative estimate of drug-likeness (QED) is 0.685. The molecule has 4 nitrogen and oxygen atoms in total. The van der Waals surface area contributed by atoms with E-state index in [9.17, 15) is 22.8 Å². The Hall–Kier alpha value is -1.79. The number of fused-ring (bicyclic) bond motifs is 1. The number of alkyl halides is 3. The summed E-state index contributed by atoms with van der Waals surface area (Å²) in [7, 11) is 0. The summed E-state index contributed by atoms with van der Waals surface area (Å²) >= 11 is 0. The molecular weight excluding hydrogens is 299 g/mol. The molecule has 1 aliphatic carbocycles. The smallest absolute Gasteiger partial charge is 0.456 e. The highest BCUT2D eigenvalue weighted by Gasteiger charge is 2.41. The molecule has 1 atom stereocenters. The lowest BCUT2D eigenvalue weighted by molar-refractivity contribution is -0.145. The van der Waals surface area contributed by atoms with Gasteiger partial charge in [0.1, 0.15) is 0 Å². The van der Waals surface area contributed by atoms with Crippen LogP contribution in [0.25, 0.3) is 0 Å². The number of ketones is 1. The number of rotatable bonds is 3. The van der Waals surface area contributed by atoms with Gasteiger partial charge in [-0.1, -0.05) is 12.8 Å². The van der Waals surface area contributed by atoms with Gasteiger partial charge in [0.25, 0.3) is 5.78 Å². The van der Waals surface area contributed by atoms with Crippen molar-refractivity contribution in [3.8, 4) is 0 Å². The van der Waals surface area contributed by atoms with Gasteiger partial charge in [-0.2, -0.15) is 13.2 Å². The van der Waals surface area contributed by atoms with Gasteiger partial charge in [0, 0.05) is 5.69 Å². The van der Waals surface area contributed by atoms with Crippen LogP contribution in [0, 0.1) is 0 Å². The summed E-state index contributed by atoms with van der Waals surface area (Å²) in [4.78, 5) is 26.0. The molecule has 0 saturated heterocycles. The monoisotopic (exact) mass is 317 g/mol. The van der Waals surface area contributed by atoms with Crippen molar-refractivity contribution in [1.82, 2.24) is 4.98 Å². The van der Waals surface area contributed by atoms with E-state index in [2.05, 4.69) is 4.98 Å². The van der Waals surface area contributed by atoms with Crippen molar-refractivity contribution in [1.29, 1.82) is 0 Å². The molecule has 0 aliphatic heterocycles. The van der Waals surface area contributed by atoms with Crippen molar-refractivity contribution >= 4 is 11.8 Å². The minimum Gasteiger partial charge on any atom is -0.465 e. The van der Waals surface area contributed by atoms with E-state index >= 15 is 0 Å². The number of aromatic nitrogens is 1. The third-order valence-corrected chi connectivity index (χ3v) is 3.79. The number of ether oxygens (including phenoxy) is 1. The van der Waals surface area contributed by atoms with Crippen molar-refractivity contribution in [3.05, 3.63) is 23.0 Å². The molecule has 0 fully saturated rings. The fraction of sp³-hybridized carbons (Fsp3) is 0.600. The van der Waals surface area contributed by atoms with Crippen LogP contribution in [0.1, 0.15) is 60.3 Å². The van der Waals surface area contributed by atoms with Gasteiger partial charge in [-0.25, -0.2) is 0 Å². The topological polar surface area (TPSA) is 59.2 Å². The summed E-state index contributed by atoms with van der Waals surface area (Å²) < 4.78 is 42.7. The Morgan fingerprint density at radius 1 is 1.32 bits per heavy atom. The lowest BCUT2D eigenvalue weighted by Crippen LogP contribution is -2.23. The molecule has 7 heteroatoms. The zero-order valence-electron chi connectivity index (χ0n) is 12.3. The van der Waals surface area contributed by atoms with E-state index in [4.69, 9.17) is 4.74 Å². The minimum absolute atomic E-state index is 0.208. The number of esters is 1. The fourth-order valence-electron chi connectivity index (χ4n) is 2.77. The number of hydrogen-bond acceptors (Lipinski definition) is 3. The Morgan fingerprint density at radius 3 is 2.68 bits per heavy atom. The summed E-state index contributed by atoms with van der Waals surface area (Å²) in [5, 5.41) is 0. The predicted octanol–water partition coefficient (Wildman–Crippen LogP) is 3.52. The Morgan fingerprint density at radius 2 is 2.05 bits per heavy atom. The number of aromatic amines is 1. The average molecular weight is 317 g/mol. The van der Waals surface area contributed by atoms with E-state index in [-0.39, 0.29) is 6.61 Å². The fourth-order valence-corrected chi connectivity index (χ4v) is 2.77. The SMILES string of the molecule is CCOC(=O)C1CCCCCc2cc(C(=O)C(F)(F)F)[nH]c21. The molecule has 0 spiro atoms. The van der Waals surface area contributed by atoms with Crippen LogP contribution >= 0.6 is 0 Å². The number of hydrogen-bond donors (Lipinski definition) is 1. The van der Waals surface area contributed by atoms with E-state index in [1.54, 1.807) is 6.92 Å². The highest BCUT2D eigenvalue weighted by molar-refractivity contribution is 5.99. The Balaban J connectivity index is 2.38. The Labute approximate surface area is 126 Å². The first-order valence-electron chi connectivity index (χ1n) is 7.34. The van der Waals surface area contributed by atoms with E-state index in [0.29, 0.717) is 24.1 Å². The number of carbonyl (C=O) groups is 2. The van der Waals surface area contributed by atoms with Crippen molar-refractivity contribution in [2.24, 2.45) is 0 Å². The van der Waals surface area contributed by atoms with Crippen LogP contribution in [-0.2, 0) is 16.0 Å². The van der Waals surface area contributed by atoms with Crippen LogP contribution in [0.4, 0.5) is 13.2 Å². The van der Waals surface area contributed by atoms with Gasteiger partial charge in [0.15, 0.2) is 0 Å². The molecular formula is C15H18F3NO3. The molecule has 1 heterocycles. The van der Waals surface area contributed by atoms with Gasteiger partial charge in [-0.3, -0.25) is 9.59 Å². The highest BCUT2D eigenvalue weighted by Crippen LogP contribution is 2.32. The number of halogens is 3. The zero-order chi connectivity index (χ0) is 16.3. The molecule has 22 heavy (non-hydrogen) atoms. The normalized spacial score (nSPS) is 19.0. The minimum atomic E-state index is -4.93. The first kappa shape index (κ1) is 16.6. The number of Topliss-reactive ketones (excluding diaryl/α,β-unsaturated/α-hetero) is 1. The molecule has 1 unspecified atom stereocenters. The van der Waals surface area contributed by atoms with Gasteiger partial charge in [0.05, 0.1) is 18.2 Å². The summed E-state index contributed by atoms with van der Waals surface area (Å²) in [5.41, 5.74) is 0.491. The maximum atomic E-state index is 12.6. The molecule has 122 valence electrons. The molecule has 0 amide bonds. The van der Waals surface area contributed by atoms with Gasteiger partial charge in [-0.05, 0) is 37.8 Å². The lowest BCUT2D eigenvalue weighted by atomic mass is 9.90. The summed E-state index contributed by atoms with van der Waals surface area (Å²) in [6, 6.07) is 1.22. The molecule has 0 saturated carbocycles. The van der Waals surface area contributed by atoms with Crippen molar-refractivity contribution < 1.29 is 27.5 Å². The largest absolute Gasteiger partial charge is 0.465 e. The molecule has 1 aliphatic rings. The maximum Gasteiger partial charge on any atom is 0.456 e. The maximum absolute atomic E-state index is 12.6. The first-order valence-corrected chi connectivity index (χ1v) is 7.34. The average Bonchev–Trinajstić information content (AvgIpc) is 2.80. The molecule has 0 bridgehead atoms. The zero-order valence-corrected chi connectivity index (χ0v) is 12.3. The third-order valence-electron chi connectivity index (χ3n) is 3.79. The second-order valence-electron chi connectivity index (χ2n) is 5.35. The Bertz CT molecular complexity index is 563. The Kier molecular flexibility index (Phi) is 4.93. The van der Waals surface area contributed by atoms with Gasteiger partial charge in [0.2, 0.25) is 0 Å². The molecule has 1 aromatic heterocycles. The molecule has 2 rings (SSSR count). The molecule has 0 radical (unpaired) electrons. The number of aryl methyl sites for hydroxylation is 1. The van der Waals surface area contributed by atoms with Crippen LogP contribution in [0.15, 0.2) is 6.07 Å². The number of H-pyrrole nitrogens is 1. The molecule has 1 N–H and O–H groups in total. The van der Waals surface area contributed by atoms with Crippen molar-refractivity contribution in [2.45, 2.75) is 51.1 Å². The summed E-state index contributed by atoms with van der Waals surface area (Å²) in [5.74, 6) is -3.01. The van der Waals surface area contributed by atoms with Crippen molar-refractivity contribution in [3.63, 3.8) is 0 Å². The standard InChI is InChI=1S/C15H18F3NO3/c1-2-22-14(21)10-7-5-3-4-6-9-8-11(19-12(9)10)13(20)15(16,17)18/h8,10,19H,2-7H2,1H3. The van der Waals surface area contributed by atoms with E-state index < -0.39 is 29.5 Å². The van der Waals surface area contributed by atoms with Gasteiger partial charge >= 0.3 is 12.1 Å². The predicted molar refractivity (Wildman–Crippen MR) is 72.7 cm³/mol. The first-order chi connectivity index (χ1) is 10.3. The molecule has 0 aromatic carbocycles. The second-order valence-corrected chi connectivity index (χ2v) is 5.35. The van der Waals surface area contributed by atoms with Gasteiger partial charge < -0.3 is 9.72 Å². The van der Waals surface area contributed by atoms with Crippen LogP contribution in [-0.4, -0.2) is 29.5 Å². The summed E-state index contributed by atoms with van der Waals surface area (Å²) in [6.07, 6.45) is -1.37. The van der Waals surface area contributed by atoms with E-state index in [1.165, 1.54) is 6.07 Å². The van der Waals surface area contributed by atoms with Gasteiger partial charge in [-0.15, -0.1) is 0 Å². The van der Waals surface area contributed by atoms with Crippen LogP contribution in [0.3, 0.4) is 0 Å². The van der Waals surface area contributed by atoms with Crippen LogP contribution < -0.4 is 0 Å². The second kappa shape index (κ2) is 6.54. The third kappa shape index (κ3) is 3.51. The lowest BCUT2D eigenvalue weighted by Gasteiger charge is -2.18. The van der Waals surface area contributed by atoms with Crippen LogP contribution in [0.5, 0.6) is 0 Å². The summed E-state index contributed by atoms with van der Waals surface area (Å²) in [6.45, 7) is 1.88. The van der Waals surface area contributed by atoms with E-state index in [0.717, 1.165) is 19.3 Å².